The van der Waals surface area contributed by atoms with E-state index in [1.54, 1.807) is 17.3 Å². The van der Waals surface area contributed by atoms with E-state index >= 15 is 0 Å². The van der Waals surface area contributed by atoms with Crippen LogP contribution in [-0.2, 0) is 21.4 Å². The lowest BCUT2D eigenvalue weighted by Gasteiger charge is -2.33. The summed E-state index contributed by atoms with van der Waals surface area (Å²) in [7, 11) is -3.34. The molecule has 3 heterocycles. The van der Waals surface area contributed by atoms with E-state index in [-0.39, 0.29) is 12.5 Å². The molecule has 32 heavy (non-hydrogen) atoms. The third-order valence-corrected chi connectivity index (χ3v) is 8.14. The molecule has 1 unspecified atom stereocenters. The van der Waals surface area contributed by atoms with Crippen LogP contribution >= 0.6 is 11.3 Å². The highest BCUT2D eigenvalue weighted by Crippen LogP contribution is 2.35. The molecule has 3 aromatic rings. The van der Waals surface area contributed by atoms with Crippen molar-refractivity contribution in [1.29, 1.82) is 0 Å². The number of anilines is 1. The average Bonchev–Trinajstić information content (AvgIpc) is 3.21. The van der Waals surface area contributed by atoms with Gasteiger partial charge in [-0.25, -0.2) is 17.7 Å². The third kappa shape index (κ3) is 4.84. The van der Waals surface area contributed by atoms with Crippen LogP contribution in [0.25, 0.3) is 10.2 Å². The van der Waals surface area contributed by atoms with E-state index < -0.39 is 15.9 Å². The number of carbonyl (C=O) groups is 1. The van der Waals surface area contributed by atoms with Gasteiger partial charge in [-0.15, -0.1) is 0 Å². The normalized spacial score (nSPS) is 17.7. The summed E-state index contributed by atoms with van der Waals surface area (Å²) in [5.74, 6) is -0.170. The van der Waals surface area contributed by atoms with Crippen LogP contribution in [0.4, 0.5) is 5.13 Å². The molecule has 170 valence electrons. The van der Waals surface area contributed by atoms with Gasteiger partial charge in [-0.1, -0.05) is 43.4 Å². The summed E-state index contributed by atoms with van der Waals surface area (Å²) in [4.78, 5) is 24.5. The molecule has 9 heteroatoms. The molecular weight excluding hydrogens is 444 g/mol. The molecule has 0 aliphatic carbocycles. The summed E-state index contributed by atoms with van der Waals surface area (Å²) in [6.45, 7) is 5.29. The highest BCUT2D eigenvalue weighted by atomic mass is 32.2. The smallest absolute Gasteiger partial charge is 0.233 e. The molecule has 1 atom stereocenters. The predicted molar refractivity (Wildman–Crippen MR) is 128 cm³/mol. The Kier molecular flexibility index (Phi) is 6.60. The number of benzene rings is 1. The molecule has 0 bridgehead atoms. The molecule has 4 rings (SSSR count). The number of pyridine rings is 1. The second kappa shape index (κ2) is 9.25. The SMILES string of the molecule is CC(C)c1cccc2sc(N(Cc3cccnc3)C(=O)C3CCCN(S(C)(=O)=O)C3)nc12. The molecule has 7 nitrogen and oxygen atoms in total. The maximum atomic E-state index is 13.7. The molecule has 0 spiro atoms. The first-order chi connectivity index (χ1) is 15.2. The van der Waals surface area contributed by atoms with E-state index in [1.165, 1.54) is 21.9 Å². The summed E-state index contributed by atoms with van der Waals surface area (Å²) in [6, 6.07) is 9.91. The van der Waals surface area contributed by atoms with E-state index in [2.05, 4.69) is 24.9 Å². The quantitative estimate of drug-likeness (QED) is 0.541. The van der Waals surface area contributed by atoms with Crippen molar-refractivity contribution in [1.82, 2.24) is 14.3 Å². The minimum Gasteiger partial charge on any atom is -0.283 e. The first-order valence-electron chi connectivity index (χ1n) is 10.8. The number of carbonyl (C=O) groups excluding carboxylic acids is 1. The van der Waals surface area contributed by atoms with Crippen LogP contribution in [-0.4, -0.2) is 47.9 Å². The van der Waals surface area contributed by atoms with Gasteiger partial charge in [0.15, 0.2) is 5.13 Å². The van der Waals surface area contributed by atoms with Crippen molar-refractivity contribution < 1.29 is 13.2 Å². The van der Waals surface area contributed by atoms with Gasteiger partial charge in [-0.2, -0.15) is 0 Å². The van der Waals surface area contributed by atoms with Crippen LogP contribution in [0.2, 0.25) is 0 Å². The van der Waals surface area contributed by atoms with E-state index in [0.29, 0.717) is 37.0 Å². The highest BCUT2D eigenvalue weighted by molar-refractivity contribution is 7.88. The van der Waals surface area contributed by atoms with Crippen LogP contribution in [0.5, 0.6) is 0 Å². The molecule has 1 saturated heterocycles. The lowest BCUT2D eigenvalue weighted by Crippen LogP contribution is -2.46. The zero-order valence-corrected chi connectivity index (χ0v) is 20.2. The number of amides is 1. The molecule has 2 aromatic heterocycles. The largest absolute Gasteiger partial charge is 0.283 e. The van der Waals surface area contributed by atoms with E-state index in [9.17, 15) is 13.2 Å². The molecule has 0 radical (unpaired) electrons. The van der Waals surface area contributed by atoms with Crippen LogP contribution < -0.4 is 4.90 Å². The number of piperidine rings is 1. The Labute approximate surface area is 193 Å². The van der Waals surface area contributed by atoms with Gasteiger partial charge in [-0.05, 0) is 42.0 Å². The van der Waals surface area contributed by atoms with Crippen molar-refractivity contribution >= 4 is 42.6 Å². The fourth-order valence-corrected chi connectivity index (χ4v) is 6.04. The maximum absolute atomic E-state index is 13.7. The molecule has 1 aromatic carbocycles. The lowest BCUT2D eigenvalue weighted by atomic mass is 9.98. The summed E-state index contributed by atoms with van der Waals surface area (Å²) in [5, 5.41) is 0.637. The van der Waals surface area contributed by atoms with Crippen LogP contribution in [0.15, 0.2) is 42.7 Å². The average molecular weight is 473 g/mol. The zero-order valence-electron chi connectivity index (χ0n) is 18.6. The molecule has 0 N–H and O–H groups in total. The van der Waals surface area contributed by atoms with E-state index in [1.807, 2.05) is 24.3 Å². The van der Waals surface area contributed by atoms with E-state index in [0.717, 1.165) is 21.3 Å². The van der Waals surface area contributed by atoms with Crippen molar-refractivity contribution in [2.24, 2.45) is 5.92 Å². The summed E-state index contributed by atoms with van der Waals surface area (Å²) < 4.78 is 26.6. The van der Waals surface area contributed by atoms with Crippen molar-refractivity contribution in [3.63, 3.8) is 0 Å². The number of nitrogens with zero attached hydrogens (tertiary/aromatic N) is 4. The van der Waals surface area contributed by atoms with Crippen LogP contribution in [0, 0.1) is 5.92 Å². The summed E-state index contributed by atoms with van der Waals surface area (Å²) in [5.41, 5.74) is 2.98. The molecule has 1 fully saturated rings. The molecule has 0 saturated carbocycles. The Bertz CT molecular complexity index is 1210. The number of fused-ring (bicyclic) bond motifs is 1. The van der Waals surface area contributed by atoms with Gasteiger partial charge in [0.2, 0.25) is 15.9 Å². The van der Waals surface area contributed by atoms with Crippen molar-refractivity contribution in [3.05, 3.63) is 53.9 Å². The molecule has 1 aliphatic rings. The van der Waals surface area contributed by atoms with Crippen molar-refractivity contribution in [3.8, 4) is 0 Å². The molecular formula is C23H28N4O3S2. The Morgan fingerprint density at radius 1 is 1.28 bits per heavy atom. The van der Waals surface area contributed by atoms with Crippen molar-refractivity contribution in [2.45, 2.75) is 39.2 Å². The maximum Gasteiger partial charge on any atom is 0.233 e. The van der Waals surface area contributed by atoms with Crippen LogP contribution in [0.1, 0.15) is 43.7 Å². The Morgan fingerprint density at radius 2 is 2.09 bits per heavy atom. The predicted octanol–water partition coefficient (Wildman–Crippen LogP) is 4.02. The van der Waals surface area contributed by atoms with Crippen LogP contribution in [0.3, 0.4) is 0 Å². The Morgan fingerprint density at radius 3 is 2.78 bits per heavy atom. The number of sulfonamides is 1. The third-order valence-electron chi connectivity index (χ3n) is 5.82. The molecule has 1 amide bonds. The number of hydrogen-bond donors (Lipinski definition) is 0. The van der Waals surface area contributed by atoms with Gasteiger partial charge in [0.25, 0.3) is 0 Å². The first kappa shape index (κ1) is 22.8. The van der Waals surface area contributed by atoms with Gasteiger partial charge in [0.05, 0.1) is 28.9 Å². The van der Waals surface area contributed by atoms with Crippen molar-refractivity contribution in [2.75, 3.05) is 24.2 Å². The van der Waals surface area contributed by atoms with E-state index in [4.69, 9.17) is 4.98 Å². The number of thiazole rings is 1. The van der Waals surface area contributed by atoms with Gasteiger partial charge < -0.3 is 0 Å². The minimum absolute atomic E-state index is 0.0904. The molecule has 1 aliphatic heterocycles. The topological polar surface area (TPSA) is 83.5 Å². The summed E-state index contributed by atoms with van der Waals surface area (Å²) >= 11 is 1.50. The second-order valence-electron chi connectivity index (χ2n) is 8.59. The Hall–Kier alpha value is -2.36. The number of aromatic nitrogens is 2. The van der Waals surface area contributed by atoms with Gasteiger partial charge in [-0.3, -0.25) is 14.7 Å². The number of rotatable bonds is 6. The highest BCUT2D eigenvalue weighted by Gasteiger charge is 2.34. The second-order valence-corrected chi connectivity index (χ2v) is 11.6. The standard InChI is InChI=1S/C23H28N4O3S2/c1-16(2)19-9-4-10-20-21(19)25-23(31-20)27(14-17-7-5-11-24-13-17)22(28)18-8-6-12-26(15-18)32(3,29)30/h4-5,7,9-11,13,16,18H,6,8,12,14-15H2,1-3H3. The first-order valence-corrected chi connectivity index (χ1v) is 13.5. The summed E-state index contributed by atoms with van der Waals surface area (Å²) in [6.07, 6.45) is 5.98. The van der Waals surface area contributed by atoms with Gasteiger partial charge in [0.1, 0.15) is 0 Å². The monoisotopic (exact) mass is 472 g/mol. The minimum atomic E-state index is -3.34. The Balaban J connectivity index is 1.72. The fraction of sp³-hybridized carbons (Fsp3) is 0.435. The fourth-order valence-electron chi connectivity index (χ4n) is 4.12. The lowest BCUT2D eigenvalue weighted by molar-refractivity contribution is -0.123. The van der Waals surface area contributed by atoms with Gasteiger partial charge >= 0.3 is 0 Å². The number of para-hydroxylation sites is 1. The number of hydrogen-bond acceptors (Lipinski definition) is 6. The van der Waals surface area contributed by atoms with Gasteiger partial charge in [0, 0.05) is 25.5 Å². The zero-order chi connectivity index (χ0) is 22.9.